The molecule has 0 bridgehead atoms. The van der Waals surface area contributed by atoms with Crippen molar-refractivity contribution in [3.63, 3.8) is 0 Å². The van der Waals surface area contributed by atoms with Gasteiger partial charge in [-0.2, -0.15) is 5.10 Å². The predicted octanol–water partition coefficient (Wildman–Crippen LogP) is 3.23. The molecule has 41 heavy (non-hydrogen) atoms. The SMILES string of the molecule is CCCN(C(=O)OCOC(=O)/C=C/C=O)C(=O)c1cn2ncnc(Nc3cc(C(=O)NC4CC4)ccc3C)c2c1C. The molecule has 0 aliphatic heterocycles. The normalized spacial score (nSPS) is 12.7. The van der Waals surface area contributed by atoms with Crippen molar-refractivity contribution in [2.75, 3.05) is 18.7 Å². The Bertz CT molecular complexity index is 1530. The largest absolute Gasteiger partial charge is 0.425 e. The maximum absolute atomic E-state index is 13.5. The molecule has 13 nitrogen and oxygen atoms in total. The van der Waals surface area contributed by atoms with E-state index in [9.17, 15) is 24.0 Å². The smallest absolute Gasteiger partial charge is 0.419 e. The molecule has 4 rings (SSSR count). The maximum atomic E-state index is 13.5. The monoisotopic (exact) mass is 562 g/mol. The lowest BCUT2D eigenvalue weighted by Gasteiger charge is -2.19. The van der Waals surface area contributed by atoms with Crippen LogP contribution in [0.25, 0.3) is 5.52 Å². The number of carbonyl (C=O) groups excluding carboxylic acids is 5. The highest BCUT2D eigenvalue weighted by atomic mass is 16.7. The highest BCUT2D eigenvalue weighted by Crippen LogP contribution is 2.28. The van der Waals surface area contributed by atoms with Gasteiger partial charge in [-0.15, -0.1) is 0 Å². The first-order valence-corrected chi connectivity index (χ1v) is 13.0. The number of hydrogen-bond donors (Lipinski definition) is 2. The summed E-state index contributed by atoms with van der Waals surface area (Å²) in [5, 5.41) is 10.5. The van der Waals surface area contributed by atoms with Crippen molar-refractivity contribution in [2.45, 2.75) is 46.1 Å². The average Bonchev–Trinajstić information content (AvgIpc) is 3.71. The zero-order chi connectivity index (χ0) is 29.5. The highest BCUT2D eigenvalue weighted by Gasteiger charge is 2.28. The Morgan fingerprint density at radius 2 is 1.95 bits per heavy atom. The number of hydrogen-bond acceptors (Lipinski definition) is 10. The molecule has 0 saturated heterocycles. The maximum Gasteiger partial charge on any atom is 0.419 e. The Labute approximate surface area is 235 Å². The van der Waals surface area contributed by atoms with Crippen LogP contribution in [0.5, 0.6) is 0 Å². The number of allylic oxidation sites excluding steroid dienone is 1. The number of aldehydes is 1. The number of nitrogens with zero attached hydrogens (tertiary/aromatic N) is 4. The Kier molecular flexibility index (Phi) is 9.07. The number of esters is 1. The number of nitrogens with one attached hydrogen (secondary N) is 2. The number of imide groups is 1. The molecular weight excluding hydrogens is 532 g/mol. The fourth-order valence-electron chi connectivity index (χ4n) is 4.02. The fourth-order valence-corrected chi connectivity index (χ4v) is 4.02. The van der Waals surface area contributed by atoms with E-state index in [1.807, 2.05) is 13.0 Å². The summed E-state index contributed by atoms with van der Waals surface area (Å²) in [5.41, 5.74) is 3.26. The van der Waals surface area contributed by atoms with E-state index in [1.165, 1.54) is 17.0 Å². The Balaban J connectivity index is 1.56. The Morgan fingerprint density at radius 1 is 1.17 bits per heavy atom. The lowest BCUT2D eigenvalue weighted by Crippen LogP contribution is -2.38. The number of anilines is 2. The minimum atomic E-state index is -1.000. The second-order valence-electron chi connectivity index (χ2n) is 9.42. The molecule has 1 fully saturated rings. The van der Waals surface area contributed by atoms with Crippen LogP contribution in [0.4, 0.5) is 16.3 Å². The third-order valence-electron chi connectivity index (χ3n) is 6.33. The topological polar surface area (TPSA) is 161 Å². The standard InChI is InChI=1S/C28H30N6O7/c1-4-11-33(28(39)41-16-40-23(36)6-5-12-35)27(38)21-14-34-24(18(21)3)25(29-15-30-34)32-22-13-19(8-7-17(22)2)26(37)31-20-9-10-20/h5-8,12-15,20H,4,9-11,16H2,1-3H3,(H,31,37)(H,29,30,32)/b6-5+. The van der Waals surface area contributed by atoms with E-state index in [0.717, 1.165) is 35.5 Å². The highest BCUT2D eigenvalue weighted by molar-refractivity contribution is 6.06. The summed E-state index contributed by atoms with van der Waals surface area (Å²) in [4.78, 5) is 65.8. The van der Waals surface area contributed by atoms with Gasteiger partial charge in [0.15, 0.2) is 5.82 Å². The number of benzene rings is 1. The van der Waals surface area contributed by atoms with Crippen molar-refractivity contribution in [1.82, 2.24) is 24.8 Å². The van der Waals surface area contributed by atoms with E-state index in [4.69, 9.17) is 9.47 Å². The van der Waals surface area contributed by atoms with Crippen LogP contribution in [0, 0.1) is 13.8 Å². The van der Waals surface area contributed by atoms with Crippen molar-refractivity contribution in [3.8, 4) is 0 Å². The molecule has 3 aromatic rings. The van der Waals surface area contributed by atoms with E-state index >= 15 is 0 Å². The van der Waals surface area contributed by atoms with Crippen molar-refractivity contribution >= 4 is 47.2 Å². The van der Waals surface area contributed by atoms with E-state index in [1.54, 1.807) is 26.0 Å². The number of ether oxygens (including phenoxy) is 2. The Hall–Kier alpha value is -5.07. The van der Waals surface area contributed by atoms with Gasteiger partial charge in [0.1, 0.15) is 18.1 Å². The first-order valence-electron chi connectivity index (χ1n) is 13.0. The van der Waals surface area contributed by atoms with Crippen molar-refractivity contribution in [3.05, 3.63) is 65.1 Å². The van der Waals surface area contributed by atoms with Crippen LogP contribution in [0.15, 0.2) is 42.9 Å². The molecular formula is C28H30N6O7. The minimum Gasteiger partial charge on any atom is -0.425 e. The van der Waals surface area contributed by atoms with Crippen molar-refractivity contribution < 1.29 is 33.4 Å². The lowest BCUT2D eigenvalue weighted by molar-refractivity contribution is -0.146. The van der Waals surface area contributed by atoms with Gasteiger partial charge in [-0.25, -0.2) is 24.0 Å². The minimum absolute atomic E-state index is 0.0496. The first-order chi connectivity index (χ1) is 19.7. The van der Waals surface area contributed by atoms with Gasteiger partial charge in [0.2, 0.25) is 6.79 Å². The van der Waals surface area contributed by atoms with Gasteiger partial charge >= 0.3 is 12.1 Å². The third kappa shape index (κ3) is 6.93. The van der Waals surface area contributed by atoms with Crippen LogP contribution in [-0.2, 0) is 19.1 Å². The van der Waals surface area contributed by atoms with Crippen LogP contribution < -0.4 is 10.6 Å². The predicted molar refractivity (Wildman–Crippen MR) is 147 cm³/mol. The average molecular weight is 563 g/mol. The summed E-state index contributed by atoms with van der Waals surface area (Å²) in [6, 6.07) is 5.58. The number of aryl methyl sites for hydroxylation is 2. The van der Waals surface area contributed by atoms with Crippen LogP contribution >= 0.6 is 0 Å². The molecule has 0 atom stereocenters. The number of carbonyl (C=O) groups is 5. The van der Waals surface area contributed by atoms with E-state index in [0.29, 0.717) is 40.9 Å². The molecule has 13 heteroatoms. The molecule has 1 aliphatic carbocycles. The summed E-state index contributed by atoms with van der Waals surface area (Å²) in [7, 11) is 0. The molecule has 2 aromatic heterocycles. The molecule has 0 spiro atoms. The fraction of sp³-hybridized carbons (Fsp3) is 0.321. The molecule has 2 N–H and O–H groups in total. The number of fused-ring (bicyclic) bond motifs is 1. The third-order valence-corrected chi connectivity index (χ3v) is 6.33. The van der Waals surface area contributed by atoms with Crippen LogP contribution in [0.2, 0.25) is 0 Å². The molecule has 1 aromatic carbocycles. The van der Waals surface area contributed by atoms with Crippen molar-refractivity contribution in [1.29, 1.82) is 0 Å². The zero-order valence-corrected chi connectivity index (χ0v) is 22.9. The van der Waals surface area contributed by atoms with Crippen LogP contribution in [0.3, 0.4) is 0 Å². The summed E-state index contributed by atoms with van der Waals surface area (Å²) >= 11 is 0. The Morgan fingerprint density at radius 3 is 2.66 bits per heavy atom. The van der Waals surface area contributed by atoms with E-state index < -0.39 is 24.8 Å². The molecule has 3 amide bonds. The van der Waals surface area contributed by atoms with Crippen LogP contribution in [0.1, 0.15) is 58.0 Å². The van der Waals surface area contributed by atoms with Crippen molar-refractivity contribution in [2.24, 2.45) is 0 Å². The summed E-state index contributed by atoms with van der Waals surface area (Å²) < 4.78 is 11.1. The van der Waals surface area contributed by atoms with E-state index in [-0.39, 0.29) is 24.1 Å². The number of rotatable bonds is 11. The van der Waals surface area contributed by atoms with Crippen LogP contribution in [-0.4, -0.2) is 69.0 Å². The van der Waals surface area contributed by atoms with Gasteiger partial charge in [-0.3, -0.25) is 14.4 Å². The molecule has 214 valence electrons. The van der Waals surface area contributed by atoms with Gasteiger partial charge in [-0.1, -0.05) is 13.0 Å². The molecule has 2 heterocycles. The number of amides is 3. The van der Waals surface area contributed by atoms with Gasteiger partial charge in [0.05, 0.1) is 5.56 Å². The van der Waals surface area contributed by atoms with Gasteiger partial charge in [-0.05, 0) is 62.4 Å². The molecule has 0 radical (unpaired) electrons. The quantitative estimate of drug-likeness (QED) is 0.154. The lowest BCUT2D eigenvalue weighted by atomic mass is 10.1. The van der Waals surface area contributed by atoms with E-state index in [2.05, 4.69) is 20.7 Å². The number of aromatic nitrogens is 3. The molecule has 0 unspecified atom stereocenters. The second-order valence-corrected chi connectivity index (χ2v) is 9.42. The van der Waals surface area contributed by atoms with Gasteiger partial charge < -0.3 is 20.1 Å². The molecule has 1 aliphatic rings. The second kappa shape index (κ2) is 12.9. The zero-order valence-electron chi connectivity index (χ0n) is 22.9. The molecule has 1 saturated carbocycles. The summed E-state index contributed by atoms with van der Waals surface area (Å²) in [6.45, 7) is 4.71. The first kappa shape index (κ1) is 28.9. The summed E-state index contributed by atoms with van der Waals surface area (Å²) in [5.74, 6) is -1.26. The van der Waals surface area contributed by atoms with Gasteiger partial charge in [0.25, 0.3) is 11.8 Å². The van der Waals surface area contributed by atoms with Gasteiger partial charge in [0, 0.05) is 36.1 Å². The summed E-state index contributed by atoms with van der Waals surface area (Å²) in [6.07, 6.45) is 6.45.